The van der Waals surface area contributed by atoms with Gasteiger partial charge >= 0.3 is 0 Å². The van der Waals surface area contributed by atoms with Gasteiger partial charge < -0.3 is 5.32 Å². The molecule has 2 aromatic rings. The molecule has 2 rings (SSSR count). The molecule has 1 heterocycles. The molecule has 1 amide bonds. The van der Waals surface area contributed by atoms with Crippen LogP contribution in [0.4, 0.5) is 5.82 Å². The van der Waals surface area contributed by atoms with Crippen molar-refractivity contribution < 1.29 is 4.79 Å². The first-order valence-corrected chi connectivity index (χ1v) is 7.64. The molecule has 20 heavy (non-hydrogen) atoms. The second kappa shape index (κ2) is 6.61. The number of nitrogens with one attached hydrogen (secondary N) is 1. The van der Waals surface area contributed by atoms with Crippen LogP contribution in [0.15, 0.2) is 30.3 Å². The van der Waals surface area contributed by atoms with Crippen molar-refractivity contribution in [2.75, 3.05) is 11.1 Å². The van der Waals surface area contributed by atoms with Crippen LogP contribution in [-0.2, 0) is 17.6 Å². The van der Waals surface area contributed by atoms with Crippen molar-refractivity contribution in [3.8, 4) is 0 Å². The summed E-state index contributed by atoms with van der Waals surface area (Å²) < 4.78 is 1.68. The Hall–Kier alpha value is -1.75. The summed E-state index contributed by atoms with van der Waals surface area (Å²) >= 11 is 1.61. The fourth-order valence-electron chi connectivity index (χ4n) is 1.97. The van der Waals surface area contributed by atoms with Crippen LogP contribution in [-0.4, -0.2) is 21.4 Å². The number of anilines is 1. The number of thioether (sulfide) groups is 1. The van der Waals surface area contributed by atoms with Crippen LogP contribution >= 0.6 is 11.8 Å². The zero-order valence-electron chi connectivity index (χ0n) is 12.0. The van der Waals surface area contributed by atoms with Gasteiger partial charge in [0.25, 0.3) is 0 Å². The van der Waals surface area contributed by atoms with Gasteiger partial charge in [0, 0.05) is 18.9 Å². The number of carbonyl (C=O) groups is 1. The van der Waals surface area contributed by atoms with Crippen molar-refractivity contribution >= 4 is 23.5 Å². The lowest BCUT2D eigenvalue weighted by atomic mass is 10.2. The molecule has 5 heteroatoms. The summed E-state index contributed by atoms with van der Waals surface area (Å²) in [6, 6.07) is 10.2. The number of benzene rings is 1. The Kier molecular flexibility index (Phi) is 4.84. The summed E-state index contributed by atoms with van der Waals surface area (Å²) in [5.74, 6) is 2.03. The highest BCUT2D eigenvalue weighted by molar-refractivity contribution is 7.99. The van der Waals surface area contributed by atoms with E-state index in [4.69, 9.17) is 0 Å². The Labute approximate surface area is 123 Å². The van der Waals surface area contributed by atoms with Crippen LogP contribution in [0, 0.1) is 13.8 Å². The van der Waals surface area contributed by atoms with E-state index in [0.29, 0.717) is 5.75 Å². The highest BCUT2D eigenvalue weighted by Crippen LogP contribution is 2.14. The van der Waals surface area contributed by atoms with Crippen LogP contribution in [0.25, 0.3) is 0 Å². The third-order valence-electron chi connectivity index (χ3n) is 2.85. The summed E-state index contributed by atoms with van der Waals surface area (Å²) in [5.41, 5.74) is 3.40. The number of nitrogens with zero attached hydrogens (tertiary/aromatic N) is 2. The van der Waals surface area contributed by atoms with Crippen LogP contribution in [0.5, 0.6) is 0 Å². The Morgan fingerprint density at radius 2 is 2.15 bits per heavy atom. The van der Waals surface area contributed by atoms with Crippen LogP contribution in [0.2, 0.25) is 0 Å². The van der Waals surface area contributed by atoms with Gasteiger partial charge in [-0.2, -0.15) is 5.10 Å². The van der Waals surface area contributed by atoms with Gasteiger partial charge in [0.15, 0.2) is 0 Å². The first-order chi connectivity index (χ1) is 9.54. The number of hydrogen-bond donors (Lipinski definition) is 1. The number of carbonyl (C=O) groups excluding carboxylic acids is 1. The van der Waals surface area contributed by atoms with E-state index < -0.39 is 0 Å². The SMILES string of the molecule is Cc1cccc(CSCC(=O)Nc2cc(C)nn2C)c1. The van der Waals surface area contributed by atoms with E-state index >= 15 is 0 Å². The molecule has 0 bridgehead atoms. The summed E-state index contributed by atoms with van der Waals surface area (Å²) in [6.45, 7) is 3.98. The maximum absolute atomic E-state index is 11.9. The fraction of sp³-hybridized carbons (Fsp3) is 0.333. The quantitative estimate of drug-likeness (QED) is 0.920. The summed E-state index contributed by atoms with van der Waals surface area (Å²) in [5, 5.41) is 7.07. The van der Waals surface area contributed by atoms with E-state index in [1.54, 1.807) is 16.4 Å². The zero-order valence-corrected chi connectivity index (χ0v) is 12.8. The van der Waals surface area contributed by atoms with Crippen molar-refractivity contribution in [2.24, 2.45) is 7.05 Å². The minimum atomic E-state index is 0.00523. The molecule has 4 nitrogen and oxygen atoms in total. The van der Waals surface area contributed by atoms with Gasteiger partial charge in [-0.15, -0.1) is 11.8 Å². The van der Waals surface area contributed by atoms with Crippen molar-refractivity contribution in [1.29, 1.82) is 0 Å². The molecule has 0 saturated carbocycles. The molecule has 0 spiro atoms. The van der Waals surface area contributed by atoms with Gasteiger partial charge in [-0.1, -0.05) is 29.8 Å². The Morgan fingerprint density at radius 1 is 1.35 bits per heavy atom. The second-order valence-electron chi connectivity index (χ2n) is 4.82. The first-order valence-electron chi connectivity index (χ1n) is 6.48. The van der Waals surface area contributed by atoms with Crippen molar-refractivity contribution in [2.45, 2.75) is 19.6 Å². The highest BCUT2D eigenvalue weighted by Gasteiger charge is 2.07. The maximum Gasteiger partial charge on any atom is 0.235 e. The molecule has 1 N–H and O–H groups in total. The van der Waals surface area contributed by atoms with Crippen molar-refractivity contribution in [1.82, 2.24) is 9.78 Å². The van der Waals surface area contributed by atoms with E-state index in [0.717, 1.165) is 17.3 Å². The fourth-order valence-corrected chi connectivity index (χ4v) is 2.74. The molecule has 106 valence electrons. The number of aryl methyl sites for hydroxylation is 3. The third-order valence-corrected chi connectivity index (χ3v) is 3.86. The van der Waals surface area contributed by atoms with E-state index in [-0.39, 0.29) is 5.91 Å². The summed E-state index contributed by atoms with van der Waals surface area (Å²) in [6.07, 6.45) is 0. The normalized spacial score (nSPS) is 10.6. The van der Waals surface area contributed by atoms with Crippen LogP contribution in [0.1, 0.15) is 16.8 Å². The molecule has 0 unspecified atom stereocenters. The molecule has 0 aliphatic rings. The molecular formula is C15H19N3OS. The second-order valence-corrected chi connectivity index (χ2v) is 5.81. The van der Waals surface area contributed by atoms with Crippen molar-refractivity contribution in [3.05, 3.63) is 47.2 Å². The largest absolute Gasteiger partial charge is 0.310 e. The Bertz CT molecular complexity index is 607. The lowest BCUT2D eigenvalue weighted by Crippen LogP contribution is -2.16. The number of amides is 1. The monoisotopic (exact) mass is 289 g/mol. The van der Waals surface area contributed by atoms with Gasteiger partial charge in [-0.05, 0) is 19.4 Å². The van der Waals surface area contributed by atoms with E-state index in [9.17, 15) is 4.79 Å². The van der Waals surface area contributed by atoms with Gasteiger partial charge in [0.1, 0.15) is 5.82 Å². The average Bonchev–Trinajstić information content (AvgIpc) is 2.68. The average molecular weight is 289 g/mol. The van der Waals surface area contributed by atoms with E-state index in [1.807, 2.05) is 26.1 Å². The van der Waals surface area contributed by atoms with Gasteiger partial charge in [-0.25, -0.2) is 0 Å². The minimum Gasteiger partial charge on any atom is -0.310 e. The zero-order chi connectivity index (χ0) is 14.5. The standard InChI is InChI=1S/C15H19N3OS/c1-11-5-4-6-13(7-11)9-20-10-15(19)16-14-8-12(2)17-18(14)3/h4-8H,9-10H2,1-3H3,(H,16,19). The molecule has 0 atom stereocenters. The molecular weight excluding hydrogens is 270 g/mol. The number of hydrogen-bond acceptors (Lipinski definition) is 3. The summed E-state index contributed by atoms with van der Waals surface area (Å²) in [4.78, 5) is 11.9. The van der Waals surface area contributed by atoms with Crippen LogP contribution < -0.4 is 5.32 Å². The molecule has 0 radical (unpaired) electrons. The Morgan fingerprint density at radius 3 is 2.80 bits per heavy atom. The lowest BCUT2D eigenvalue weighted by molar-refractivity contribution is -0.113. The molecule has 0 fully saturated rings. The molecule has 0 saturated heterocycles. The van der Waals surface area contributed by atoms with E-state index in [1.165, 1.54) is 11.1 Å². The summed E-state index contributed by atoms with van der Waals surface area (Å²) in [7, 11) is 1.82. The highest BCUT2D eigenvalue weighted by atomic mass is 32.2. The van der Waals surface area contributed by atoms with Crippen LogP contribution in [0.3, 0.4) is 0 Å². The minimum absolute atomic E-state index is 0.00523. The predicted molar refractivity (Wildman–Crippen MR) is 83.9 cm³/mol. The first kappa shape index (κ1) is 14.7. The molecule has 1 aromatic carbocycles. The lowest BCUT2D eigenvalue weighted by Gasteiger charge is -2.05. The molecule has 0 aliphatic heterocycles. The topological polar surface area (TPSA) is 46.9 Å². The number of rotatable bonds is 5. The third kappa shape index (κ3) is 4.13. The molecule has 0 aliphatic carbocycles. The van der Waals surface area contributed by atoms with Gasteiger partial charge in [0.2, 0.25) is 5.91 Å². The maximum atomic E-state index is 11.9. The number of aromatic nitrogens is 2. The van der Waals surface area contributed by atoms with Crippen molar-refractivity contribution in [3.63, 3.8) is 0 Å². The van der Waals surface area contributed by atoms with E-state index in [2.05, 4.69) is 35.5 Å². The molecule has 1 aromatic heterocycles. The van der Waals surface area contributed by atoms with Gasteiger partial charge in [0.05, 0.1) is 11.4 Å². The van der Waals surface area contributed by atoms with Gasteiger partial charge in [-0.3, -0.25) is 9.48 Å². The predicted octanol–water partition coefficient (Wildman–Crippen LogP) is 2.91. The smallest absolute Gasteiger partial charge is 0.235 e. The Balaban J connectivity index is 1.79.